The van der Waals surface area contributed by atoms with Crippen LogP contribution in [0.5, 0.6) is 5.75 Å². The minimum atomic E-state index is -4.52. The standard InChI is InChI=1S/C27H32F3N5O3/c1-2-3-4-7-38-23-11-20(24(36)31-16-27(28,29)30)5-6-22(23)35-15-21(33-34-35)25(37)32-26-12-17-8-18(13-26)10-19(9-17)14-26/h2,5-6,11,15,17-19H,1,3-4,7-10,12-14,16H2,(H,31,36)(H,32,37). The van der Waals surface area contributed by atoms with Crippen LogP contribution in [0.1, 0.15) is 72.2 Å². The van der Waals surface area contributed by atoms with Crippen LogP contribution < -0.4 is 15.4 Å². The summed E-state index contributed by atoms with van der Waals surface area (Å²) in [4.78, 5) is 25.5. The van der Waals surface area contributed by atoms with E-state index in [9.17, 15) is 22.8 Å². The van der Waals surface area contributed by atoms with E-state index >= 15 is 0 Å². The number of ether oxygens (including phenoxy) is 1. The molecule has 11 heteroatoms. The Balaban J connectivity index is 1.33. The van der Waals surface area contributed by atoms with Gasteiger partial charge < -0.3 is 15.4 Å². The number of amides is 2. The van der Waals surface area contributed by atoms with Crippen molar-refractivity contribution in [2.75, 3.05) is 13.2 Å². The summed E-state index contributed by atoms with van der Waals surface area (Å²) in [5, 5.41) is 13.3. The minimum absolute atomic E-state index is 0.0108. The van der Waals surface area contributed by atoms with Gasteiger partial charge in [-0.1, -0.05) is 11.3 Å². The number of rotatable bonds is 10. The maximum Gasteiger partial charge on any atom is 0.405 e. The van der Waals surface area contributed by atoms with E-state index in [1.54, 1.807) is 6.08 Å². The summed E-state index contributed by atoms with van der Waals surface area (Å²) in [6.45, 7) is 2.53. The van der Waals surface area contributed by atoms with Crippen LogP contribution in [0, 0.1) is 17.8 Å². The first kappa shape index (κ1) is 26.2. The number of nitrogens with one attached hydrogen (secondary N) is 2. The predicted octanol–water partition coefficient (Wildman–Crippen LogP) is 4.60. The zero-order valence-electron chi connectivity index (χ0n) is 21.1. The van der Waals surface area contributed by atoms with Crippen LogP contribution in [0.15, 0.2) is 37.1 Å². The number of nitrogens with zero attached hydrogens (tertiary/aromatic N) is 3. The minimum Gasteiger partial charge on any atom is -0.491 e. The Morgan fingerprint density at radius 2 is 1.82 bits per heavy atom. The summed E-state index contributed by atoms with van der Waals surface area (Å²) in [5.41, 5.74) is 0.430. The van der Waals surface area contributed by atoms with Crippen molar-refractivity contribution in [2.45, 2.75) is 63.1 Å². The zero-order chi connectivity index (χ0) is 26.9. The smallest absolute Gasteiger partial charge is 0.405 e. The molecule has 0 saturated heterocycles. The summed E-state index contributed by atoms with van der Waals surface area (Å²) in [6.07, 6.45) is 6.94. The first-order valence-electron chi connectivity index (χ1n) is 13.1. The molecule has 204 valence electrons. The van der Waals surface area contributed by atoms with E-state index in [1.165, 1.54) is 48.3 Å². The number of unbranched alkanes of at least 4 members (excludes halogenated alkanes) is 1. The second-order valence-electron chi connectivity index (χ2n) is 11.0. The quantitative estimate of drug-likeness (QED) is 0.345. The number of hydrogen-bond donors (Lipinski definition) is 2. The molecule has 38 heavy (non-hydrogen) atoms. The SMILES string of the molecule is C=CCCCOc1cc(C(=O)NCC(F)(F)F)ccc1-n1cc(C(=O)NC23CC4CC(CC(C4)C2)C3)nn1. The van der Waals surface area contributed by atoms with E-state index in [0.717, 1.165) is 19.3 Å². The number of aromatic nitrogens is 3. The third-order valence-electron chi connectivity index (χ3n) is 7.87. The van der Waals surface area contributed by atoms with Crippen molar-refractivity contribution >= 4 is 11.8 Å². The molecule has 0 atom stereocenters. The Morgan fingerprint density at radius 1 is 1.13 bits per heavy atom. The monoisotopic (exact) mass is 531 g/mol. The molecular weight excluding hydrogens is 499 g/mol. The van der Waals surface area contributed by atoms with Gasteiger partial charge in [0.15, 0.2) is 5.69 Å². The van der Waals surface area contributed by atoms with Crippen molar-refractivity contribution < 1.29 is 27.5 Å². The van der Waals surface area contributed by atoms with Crippen LogP contribution in [0.25, 0.3) is 5.69 Å². The van der Waals surface area contributed by atoms with Crippen LogP contribution in [-0.4, -0.2) is 51.7 Å². The zero-order valence-corrected chi connectivity index (χ0v) is 21.1. The number of hydrogen-bond acceptors (Lipinski definition) is 5. The van der Waals surface area contributed by atoms with Gasteiger partial charge in [-0.25, -0.2) is 4.68 Å². The molecule has 1 aromatic carbocycles. The molecule has 0 radical (unpaired) electrons. The van der Waals surface area contributed by atoms with E-state index in [0.29, 0.717) is 42.9 Å². The predicted molar refractivity (Wildman–Crippen MR) is 133 cm³/mol. The van der Waals surface area contributed by atoms with Crippen LogP contribution in [0.3, 0.4) is 0 Å². The van der Waals surface area contributed by atoms with Gasteiger partial charge in [0, 0.05) is 11.1 Å². The lowest BCUT2D eigenvalue weighted by atomic mass is 9.53. The normalized spacial score (nSPS) is 25.7. The van der Waals surface area contributed by atoms with E-state index in [2.05, 4.69) is 22.2 Å². The fourth-order valence-electron chi connectivity index (χ4n) is 6.71. The molecule has 4 aliphatic carbocycles. The molecule has 6 rings (SSSR count). The fraction of sp³-hybridized carbons (Fsp3) is 0.556. The maximum atomic E-state index is 13.2. The van der Waals surface area contributed by atoms with Crippen molar-refractivity contribution in [1.29, 1.82) is 0 Å². The van der Waals surface area contributed by atoms with E-state index in [1.807, 2.05) is 5.32 Å². The first-order chi connectivity index (χ1) is 18.1. The van der Waals surface area contributed by atoms with Crippen LogP contribution in [0.4, 0.5) is 13.2 Å². The largest absolute Gasteiger partial charge is 0.491 e. The van der Waals surface area contributed by atoms with Crippen LogP contribution in [0.2, 0.25) is 0 Å². The molecule has 2 aromatic rings. The van der Waals surface area contributed by atoms with E-state index in [4.69, 9.17) is 4.74 Å². The third-order valence-corrected chi connectivity index (χ3v) is 7.87. The molecule has 4 bridgehead atoms. The Kier molecular flexibility index (Phi) is 7.19. The lowest BCUT2D eigenvalue weighted by Gasteiger charge is -2.56. The number of allylic oxidation sites excluding steroid dienone is 1. The number of carbonyl (C=O) groups is 2. The number of alkyl halides is 3. The highest BCUT2D eigenvalue weighted by atomic mass is 19.4. The van der Waals surface area contributed by atoms with E-state index < -0.39 is 18.6 Å². The molecule has 2 amide bonds. The molecule has 4 aliphatic rings. The van der Waals surface area contributed by atoms with Crippen LogP contribution in [-0.2, 0) is 0 Å². The van der Waals surface area contributed by atoms with Crippen molar-refractivity contribution in [3.8, 4) is 11.4 Å². The number of benzene rings is 1. The second kappa shape index (κ2) is 10.4. The van der Waals surface area contributed by atoms with E-state index in [-0.39, 0.29) is 28.5 Å². The van der Waals surface area contributed by atoms with Crippen molar-refractivity contribution in [3.05, 3.63) is 48.3 Å². The average molecular weight is 532 g/mol. The Bertz CT molecular complexity index is 1170. The topological polar surface area (TPSA) is 98.1 Å². The van der Waals surface area contributed by atoms with Gasteiger partial charge in [-0.15, -0.1) is 11.7 Å². The molecular formula is C27H32F3N5O3. The van der Waals surface area contributed by atoms with Gasteiger partial charge >= 0.3 is 6.18 Å². The molecule has 2 N–H and O–H groups in total. The summed E-state index contributed by atoms with van der Waals surface area (Å²) in [5.74, 6) is 1.15. The summed E-state index contributed by atoms with van der Waals surface area (Å²) in [7, 11) is 0. The Labute approximate surface area is 219 Å². The third kappa shape index (κ3) is 5.86. The number of carbonyl (C=O) groups excluding carboxylic acids is 2. The molecule has 0 aliphatic heterocycles. The molecule has 1 aromatic heterocycles. The van der Waals surface area contributed by atoms with Gasteiger partial charge in [0.25, 0.3) is 11.8 Å². The highest BCUT2D eigenvalue weighted by molar-refractivity contribution is 5.95. The van der Waals surface area contributed by atoms with Crippen molar-refractivity contribution in [1.82, 2.24) is 25.6 Å². The van der Waals surface area contributed by atoms with Gasteiger partial charge in [-0.2, -0.15) is 13.2 Å². The first-order valence-corrected chi connectivity index (χ1v) is 13.1. The van der Waals surface area contributed by atoms with Gasteiger partial charge in [-0.05, 0) is 87.3 Å². The Morgan fingerprint density at radius 3 is 2.45 bits per heavy atom. The molecule has 1 heterocycles. The summed E-state index contributed by atoms with van der Waals surface area (Å²) < 4.78 is 44.9. The fourth-order valence-corrected chi connectivity index (χ4v) is 6.71. The molecule has 0 spiro atoms. The number of halogens is 3. The van der Waals surface area contributed by atoms with Gasteiger partial charge in [0.05, 0.1) is 12.8 Å². The van der Waals surface area contributed by atoms with Crippen LogP contribution >= 0.6 is 0 Å². The highest BCUT2D eigenvalue weighted by Crippen LogP contribution is 2.55. The lowest BCUT2D eigenvalue weighted by molar-refractivity contribution is -0.123. The van der Waals surface area contributed by atoms with Crippen molar-refractivity contribution in [3.63, 3.8) is 0 Å². The summed E-state index contributed by atoms with van der Waals surface area (Å²) in [6, 6.07) is 4.26. The molecule has 4 fully saturated rings. The maximum absolute atomic E-state index is 13.2. The second-order valence-corrected chi connectivity index (χ2v) is 11.0. The molecule has 8 nitrogen and oxygen atoms in total. The van der Waals surface area contributed by atoms with Gasteiger partial charge in [-0.3, -0.25) is 9.59 Å². The Hall–Kier alpha value is -3.37. The summed E-state index contributed by atoms with van der Waals surface area (Å²) >= 11 is 0. The average Bonchev–Trinajstić information content (AvgIpc) is 3.34. The van der Waals surface area contributed by atoms with Crippen molar-refractivity contribution in [2.24, 2.45) is 17.8 Å². The lowest BCUT2D eigenvalue weighted by Crippen LogP contribution is -2.59. The molecule has 0 unspecified atom stereocenters. The van der Waals surface area contributed by atoms with Gasteiger partial charge in [0.2, 0.25) is 0 Å². The highest BCUT2D eigenvalue weighted by Gasteiger charge is 2.51. The molecule has 4 saturated carbocycles. The van der Waals surface area contributed by atoms with Gasteiger partial charge in [0.1, 0.15) is 18.0 Å².